The number of amides is 1. The first-order chi connectivity index (χ1) is 12.2. The van der Waals surface area contributed by atoms with Crippen LogP contribution in [0.2, 0.25) is 0 Å². The van der Waals surface area contributed by atoms with Crippen molar-refractivity contribution >= 4 is 38.9 Å². The minimum atomic E-state index is -0.530. The Morgan fingerprint density at radius 3 is 2.69 bits per heavy atom. The van der Waals surface area contributed by atoms with Gasteiger partial charge in [0.25, 0.3) is 0 Å². The lowest BCUT2D eigenvalue weighted by atomic mass is 10.2. The number of nitrogens with zero attached hydrogens (tertiary/aromatic N) is 3. The smallest absolute Gasteiger partial charge is 0.410 e. The molecule has 1 fully saturated rings. The van der Waals surface area contributed by atoms with E-state index in [1.807, 2.05) is 43.7 Å². The summed E-state index contributed by atoms with van der Waals surface area (Å²) in [5.41, 5.74) is 0.585. The third kappa shape index (κ3) is 3.70. The second-order valence-electron chi connectivity index (χ2n) is 7.32. The summed E-state index contributed by atoms with van der Waals surface area (Å²) in [7, 11) is 1.34. The highest BCUT2D eigenvalue weighted by Gasteiger charge is 2.32. The largest absolute Gasteiger partial charge is 0.464 e. The molecule has 0 unspecified atom stereocenters. The molecule has 26 heavy (non-hydrogen) atoms. The first-order valence-electron chi connectivity index (χ1n) is 8.43. The number of aromatic nitrogens is 2. The molecule has 1 aliphatic heterocycles. The zero-order chi connectivity index (χ0) is 19.1. The van der Waals surface area contributed by atoms with Gasteiger partial charge in [-0.3, -0.25) is 4.68 Å². The zero-order valence-electron chi connectivity index (χ0n) is 15.3. The molecule has 1 aliphatic rings. The van der Waals surface area contributed by atoms with Gasteiger partial charge in [-0.1, -0.05) is 15.9 Å². The molecule has 0 radical (unpaired) electrons. The molecule has 2 aromatic rings. The number of hydrogen-bond donors (Lipinski definition) is 0. The second-order valence-corrected chi connectivity index (χ2v) is 8.23. The van der Waals surface area contributed by atoms with Crippen molar-refractivity contribution in [2.24, 2.45) is 0 Å². The monoisotopic (exact) mass is 423 g/mol. The topological polar surface area (TPSA) is 73.7 Å². The minimum absolute atomic E-state index is 0.0235. The normalized spacial score (nSPS) is 17.6. The fraction of sp³-hybridized carbons (Fsp3) is 0.500. The fourth-order valence-electron chi connectivity index (χ4n) is 3.07. The van der Waals surface area contributed by atoms with Crippen LogP contribution in [0, 0.1) is 0 Å². The van der Waals surface area contributed by atoms with Crippen LogP contribution in [0.4, 0.5) is 4.79 Å². The fourth-order valence-corrected chi connectivity index (χ4v) is 3.43. The van der Waals surface area contributed by atoms with Crippen molar-refractivity contribution in [2.45, 2.75) is 38.8 Å². The summed E-state index contributed by atoms with van der Waals surface area (Å²) in [6.07, 6.45) is 0.416. The molecule has 1 saturated heterocycles. The van der Waals surface area contributed by atoms with Crippen molar-refractivity contribution in [1.82, 2.24) is 14.7 Å². The Labute approximate surface area is 160 Å². The first-order valence-corrected chi connectivity index (χ1v) is 9.23. The van der Waals surface area contributed by atoms with E-state index in [1.54, 1.807) is 4.90 Å². The second kappa shape index (κ2) is 6.90. The van der Waals surface area contributed by atoms with Crippen LogP contribution in [-0.2, 0) is 9.47 Å². The van der Waals surface area contributed by atoms with Gasteiger partial charge in [0.1, 0.15) is 5.60 Å². The lowest BCUT2D eigenvalue weighted by Crippen LogP contribution is -2.35. The Hall–Kier alpha value is -2.09. The Balaban J connectivity index is 1.90. The molecule has 1 atom stereocenters. The van der Waals surface area contributed by atoms with Gasteiger partial charge in [0.2, 0.25) is 0 Å². The molecule has 0 saturated carbocycles. The number of halogens is 1. The molecule has 0 N–H and O–H groups in total. The van der Waals surface area contributed by atoms with Crippen LogP contribution in [0.3, 0.4) is 0 Å². The van der Waals surface area contributed by atoms with Gasteiger partial charge in [0, 0.05) is 22.9 Å². The van der Waals surface area contributed by atoms with Gasteiger partial charge in [-0.25, -0.2) is 9.59 Å². The number of hydrogen-bond acceptors (Lipinski definition) is 5. The van der Waals surface area contributed by atoms with Gasteiger partial charge < -0.3 is 14.4 Å². The van der Waals surface area contributed by atoms with Gasteiger partial charge in [-0.2, -0.15) is 5.10 Å². The Kier molecular flexibility index (Phi) is 4.96. The van der Waals surface area contributed by atoms with E-state index in [1.165, 1.54) is 7.11 Å². The third-order valence-corrected chi connectivity index (χ3v) is 4.70. The van der Waals surface area contributed by atoms with E-state index in [9.17, 15) is 9.59 Å². The van der Waals surface area contributed by atoms with E-state index in [4.69, 9.17) is 9.47 Å². The zero-order valence-corrected chi connectivity index (χ0v) is 16.9. The molecule has 2 heterocycles. The average molecular weight is 424 g/mol. The molecule has 7 nitrogen and oxygen atoms in total. The van der Waals surface area contributed by atoms with Crippen LogP contribution in [0.25, 0.3) is 10.9 Å². The summed E-state index contributed by atoms with van der Waals surface area (Å²) in [4.78, 5) is 26.1. The molecule has 1 amide bonds. The van der Waals surface area contributed by atoms with E-state index in [-0.39, 0.29) is 17.8 Å². The summed E-state index contributed by atoms with van der Waals surface area (Å²) in [6, 6.07) is 5.65. The molecule has 1 aromatic carbocycles. The molecular formula is C18H22BrN3O4. The van der Waals surface area contributed by atoms with Gasteiger partial charge in [-0.05, 0) is 45.4 Å². The number of carbonyl (C=O) groups excluding carboxylic acids is 2. The molecule has 8 heteroatoms. The van der Waals surface area contributed by atoms with E-state index < -0.39 is 11.6 Å². The maximum Gasteiger partial charge on any atom is 0.410 e. The number of methoxy groups -OCH3 is 1. The number of esters is 1. The van der Waals surface area contributed by atoms with Crippen LogP contribution in [0.15, 0.2) is 22.7 Å². The lowest BCUT2D eigenvalue weighted by molar-refractivity contribution is 0.0288. The quantitative estimate of drug-likeness (QED) is 0.687. The highest BCUT2D eigenvalue weighted by atomic mass is 79.9. The summed E-state index contributed by atoms with van der Waals surface area (Å²) >= 11 is 3.43. The molecule has 1 aromatic heterocycles. The summed E-state index contributed by atoms with van der Waals surface area (Å²) < 4.78 is 13.0. The van der Waals surface area contributed by atoms with Gasteiger partial charge in [-0.15, -0.1) is 0 Å². The Morgan fingerprint density at radius 2 is 2.04 bits per heavy atom. The first kappa shape index (κ1) is 18.7. The van der Waals surface area contributed by atoms with Gasteiger partial charge in [0.05, 0.1) is 18.7 Å². The number of fused-ring (bicyclic) bond motifs is 1. The lowest BCUT2D eigenvalue weighted by Gasteiger charge is -2.24. The highest BCUT2D eigenvalue weighted by Crippen LogP contribution is 2.30. The van der Waals surface area contributed by atoms with E-state index >= 15 is 0 Å². The van der Waals surface area contributed by atoms with Crippen molar-refractivity contribution in [3.63, 3.8) is 0 Å². The number of carbonyl (C=O) groups is 2. The van der Waals surface area contributed by atoms with Crippen molar-refractivity contribution in [3.8, 4) is 0 Å². The van der Waals surface area contributed by atoms with Crippen LogP contribution in [0.5, 0.6) is 0 Å². The van der Waals surface area contributed by atoms with E-state index in [2.05, 4.69) is 21.0 Å². The van der Waals surface area contributed by atoms with E-state index in [0.29, 0.717) is 13.1 Å². The van der Waals surface area contributed by atoms with Crippen LogP contribution < -0.4 is 0 Å². The number of benzene rings is 1. The predicted molar refractivity (Wildman–Crippen MR) is 100 cm³/mol. The molecule has 3 rings (SSSR count). The SMILES string of the molecule is COC(=O)c1nn([C@H]2CCN(C(=O)OC(C)(C)C)C2)c2ccc(Br)cc12. The van der Waals surface area contributed by atoms with Crippen molar-refractivity contribution in [1.29, 1.82) is 0 Å². The number of rotatable bonds is 2. The maximum atomic E-state index is 12.3. The van der Waals surface area contributed by atoms with Crippen LogP contribution in [-0.4, -0.2) is 52.5 Å². The summed E-state index contributed by atoms with van der Waals surface area (Å²) in [5, 5.41) is 5.22. The molecule has 0 bridgehead atoms. The molecule has 0 aliphatic carbocycles. The Bertz CT molecular complexity index is 856. The van der Waals surface area contributed by atoms with Crippen LogP contribution >= 0.6 is 15.9 Å². The molecule has 140 valence electrons. The summed E-state index contributed by atoms with van der Waals surface area (Å²) in [5.74, 6) is -0.478. The average Bonchev–Trinajstić information content (AvgIpc) is 3.16. The van der Waals surface area contributed by atoms with Gasteiger partial charge in [0.15, 0.2) is 5.69 Å². The molecule has 0 spiro atoms. The maximum absolute atomic E-state index is 12.3. The highest BCUT2D eigenvalue weighted by molar-refractivity contribution is 9.10. The Morgan fingerprint density at radius 1 is 1.31 bits per heavy atom. The predicted octanol–water partition coefficient (Wildman–Crippen LogP) is 3.77. The number of ether oxygens (including phenoxy) is 2. The van der Waals surface area contributed by atoms with Gasteiger partial charge >= 0.3 is 12.1 Å². The summed E-state index contributed by atoms with van der Waals surface area (Å²) in [6.45, 7) is 6.62. The van der Waals surface area contributed by atoms with Crippen molar-refractivity contribution in [2.75, 3.05) is 20.2 Å². The minimum Gasteiger partial charge on any atom is -0.464 e. The third-order valence-electron chi connectivity index (χ3n) is 4.21. The van der Waals surface area contributed by atoms with Crippen molar-refractivity contribution in [3.05, 3.63) is 28.4 Å². The van der Waals surface area contributed by atoms with E-state index in [0.717, 1.165) is 21.8 Å². The standard InChI is InChI=1S/C18H22BrN3O4/c1-18(2,3)26-17(24)21-8-7-12(10-21)22-14-6-5-11(19)9-13(14)15(20-22)16(23)25-4/h5-6,9,12H,7-8,10H2,1-4H3/t12-/m0/s1. The number of likely N-dealkylation sites (tertiary alicyclic amines) is 1. The van der Waals surface area contributed by atoms with Crippen molar-refractivity contribution < 1.29 is 19.1 Å². The van der Waals surface area contributed by atoms with Crippen LogP contribution in [0.1, 0.15) is 43.7 Å². The molecular weight excluding hydrogens is 402 g/mol.